The molecule has 134 valence electrons. The van der Waals surface area contributed by atoms with Gasteiger partial charge in [0.15, 0.2) is 0 Å². The fourth-order valence-corrected chi connectivity index (χ4v) is 2.59. The molecular formula is C17H22N4O4. The van der Waals surface area contributed by atoms with E-state index in [2.05, 4.69) is 4.98 Å². The minimum absolute atomic E-state index is 0.131. The summed E-state index contributed by atoms with van der Waals surface area (Å²) in [6, 6.07) is 6.36. The highest BCUT2D eigenvalue weighted by Gasteiger charge is 2.16. The Kier molecular flexibility index (Phi) is 5.63. The lowest BCUT2D eigenvalue weighted by Crippen LogP contribution is -2.37. The van der Waals surface area contributed by atoms with Gasteiger partial charge in [-0.05, 0) is 24.1 Å². The van der Waals surface area contributed by atoms with E-state index >= 15 is 0 Å². The second-order valence-electron chi connectivity index (χ2n) is 5.86. The summed E-state index contributed by atoms with van der Waals surface area (Å²) in [5.41, 5.74) is 6.24. The number of carboxylic acid groups (broad SMARTS) is 1. The number of nitrogen functional groups attached to an aromatic ring is 1. The van der Waals surface area contributed by atoms with Crippen molar-refractivity contribution in [2.75, 3.05) is 17.7 Å². The Balaban J connectivity index is 2.32. The molecule has 0 saturated carbocycles. The highest BCUT2D eigenvalue weighted by atomic mass is 16.4. The summed E-state index contributed by atoms with van der Waals surface area (Å²) in [5.74, 6) is -0.865. The van der Waals surface area contributed by atoms with Gasteiger partial charge in [0.05, 0.1) is 5.56 Å². The number of nitrogens with two attached hydrogens (primary N) is 1. The van der Waals surface area contributed by atoms with Crippen LogP contribution in [-0.2, 0) is 13.1 Å². The molecule has 0 atom stereocenters. The van der Waals surface area contributed by atoms with Crippen LogP contribution in [0.5, 0.6) is 0 Å². The van der Waals surface area contributed by atoms with Crippen molar-refractivity contribution in [2.45, 2.75) is 32.9 Å². The zero-order chi connectivity index (χ0) is 18.6. The van der Waals surface area contributed by atoms with Crippen LogP contribution in [0.25, 0.3) is 0 Å². The summed E-state index contributed by atoms with van der Waals surface area (Å²) in [7, 11) is 1.70. The summed E-state index contributed by atoms with van der Waals surface area (Å²) < 4.78 is 1.37. The third-order valence-electron chi connectivity index (χ3n) is 3.95. The molecule has 25 heavy (non-hydrogen) atoms. The van der Waals surface area contributed by atoms with Crippen LogP contribution < -0.4 is 21.9 Å². The van der Waals surface area contributed by atoms with Gasteiger partial charge >= 0.3 is 11.7 Å². The molecule has 0 spiro atoms. The summed E-state index contributed by atoms with van der Waals surface area (Å²) in [6.07, 6.45) is 1.67. The molecule has 0 amide bonds. The van der Waals surface area contributed by atoms with Crippen molar-refractivity contribution in [3.8, 4) is 0 Å². The third kappa shape index (κ3) is 4.09. The number of H-pyrrole nitrogens is 1. The monoisotopic (exact) mass is 346 g/mol. The Morgan fingerprint density at radius 3 is 2.48 bits per heavy atom. The molecule has 0 unspecified atom stereocenters. The topological polar surface area (TPSA) is 121 Å². The molecule has 0 fully saturated rings. The first kappa shape index (κ1) is 18.3. The van der Waals surface area contributed by atoms with Gasteiger partial charge in [-0.25, -0.2) is 9.59 Å². The van der Waals surface area contributed by atoms with E-state index in [1.54, 1.807) is 24.1 Å². The van der Waals surface area contributed by atoms with Gasteiger partial charge in [-0.3, -0.25) is 14.3 Å². The fourth-order valence-electron chi connectivity index (χ4n) is 2.59. The van der Waals surface area contributed by atoms with Crippen LogP contribution in [-0.4, -0.2) is 27.7 Å². The average molecular weight is 346 g/mol. The number of anilines is 2. The van der Waals surface area contributed by atoms with Gasteiger partial charge in [-0.1, -0.05) is 25.5 Å². The van der Waals surface area contributed by atoms with Crippen molar-refractivity contribution in [3.05, 3.63) is 56.2 Å². The van der Waals surface area contributed by atoms with E-state index in [0.717, 1.165) is 18.4 Å². The Bertz CT molecular complexity index is 868. The Morgan fingerprint density at radius 2 is 1.92 bits per heavy atom. The van der Waals surface area contributed by atoms with Crippen molar-refractivity contribution in [3.63, 3.8) is 0 Å². The number of aromatic carboxylic acids is 1. The molecule has 0 radical (unpaired) electrons. The van der Waals surface area contributed by atoms with Crippen LogP contribution in [0.2, 0.25) is 0 Å². The number of aromatic amines is 1. The lowest BCUT2D eigenvalue weighted by Gasteiger charge is -2.22. The first-order chi connectivity index (χ1) is 11.8. The fraction of sp³-hybridized carbons (Fsp3) is 0.353. The molecular weight excluding hydrogens is 324 g/mol. The smallest absolute Gasteiger partial charge is 0.335 e. The Hall–Kier alpha value is -3.03. The molecule has 2 rings (SSSR count). The van der Waals surface area contributed by atoms with E-state index in [1.165, 1.54) is 16.7 Å². The van der Waals surface area contributed by atoms with E-state index < -0.39 is 17.2 Å². The third-order valence-corrected chi connectivity index (χ3v) is 3.95. The predicted molar refractivity (Wildman–Crippen MR) is 96.2 cm³/mol. The van der Waals surface area contributed by atoms with Gasteiger partial charge in [0.25, 0.3) is 5.56 Å². The van der Waals surface area contributed by atoms with Crippen LogP contribution in [0, 0.1) is 0 Å². The van der Waals surface area contributed by atoms with Gasteiger partial charge in [-0.2, -0.15) is 0 Å². The predicted octanol–water partition coefficient (Wildman–Crippen LogP) is 1.25. The van der Waals surface area contributed by atoms with Gasteiger partial charge in [0.2, 0.25) is 0 Å². The summed E-state index contributed by atoms with van der Waals surface area (Å²) in [4.78, 5) is 39.0. The second kappa shape index (κ2) is 7.69. The number of benzene rings is 1. The maximum Gasteiger partial charge on any atom is 0.335 e. The molecule has 8 heteroatoms. The number of carbonyl (C=O) groups is 1. The quantitative estimate of drug-likeness (QED) is 0.694. The summed E-state index contributed by atoms with van der Waals surface area (Å²) >= 11 is 0. The lowest BCUT2D eigenvalue weighted by molar-refractivity contribution is 0.0697. The number of aromatic nitrogens is 2. The second-order valence-corrected chi connectivity index (χ2v) is 5.86. The molecule has 2 aromatic rings. The van der Waals surface area contributed by atoms with Crippen molar-refractivity contribution in [1.82, 2.24) is 9.55 Å². The van der Waals surface area contributed by atoms with Crippen LogP contribution in [0.4, 0.5) is 11.5 Å². The molecule has 8 nitrogen and oxygen atoms in total. The van der Waals surface area contributed by atoms with Crippen LogP contribution in [0.1, 0.15) is 35.7 Å². The van der Waals surface area contributed by atoms with Crippen molar-refractivity contribution in [1.29, 1.82) is 0 Å². The van der Waals surface area contributed by atoms with E-state index in [9.17, 15) is 14.4 Å². The van der Waals surface area contributed by atoms with Crippen LogP contribution in [0.3, 0.4) is 0 Å². The van der Waals surface area contributed by atoms with E-state index in [-0.39, 0.29) is 17.1 Å². The van der Waals surface area contributed by atoms with Crippen LogP contribution in [0.15, 0.2) is 33.9 Å². The van der Waals surface area contributed by atoms with Gasteiger partial charge < -0.3 is 15.7 Å². The molecule has 1 aromatic heterocycles. The first-order valence-corrected chi connectivity index (χ1v) is 8.01. The largest absolute Gasteiger partial charge is 0.478 e. The Morgan fingerprint density at radius 1 is 1.28 bits per heavy atom. The SMILES string of the molecule is CCCCn1c(N)c(N(C)Cc2ccc(C(=O)O)cc2)c(=O)[nH]c1=O. The Labute approximate surface area is 144 Å². The number of hydrogen-bond acceptors (Lipinski definition) is 5. The van der Waals surface area contributed by atoms with E-state index in [1.807, 2.05) is 6.92 Å². The van der Waals surface area contributed by atoms with E-state index in [0.29, 0.717) is 13.1 Å². The number of nitrogens with one attached hydrogen (secondary N) is 1. The highest BCUT2D eigenvalue weighted by Crippen LogP contribution is 2.18. The molecule has 4 N–H and O–H groups in total. The lowest BCUT2D eigenvalue weighted by atomic mass is 10.1. The minimum Gasteiger partial charge on any atom is -0.478 e. The molecule has 1 aromatic carbocycles. The minimum atomic E-state index is -0.997. The number of carboxylic acids is 1. The number of hydrogen-bond donors (Lipinski definition) is 3. The standard InChI is InChI=1S/C17H22N4O4/c1-3-4-9-21-14(18)13(15(22)19-17(21)25)20(2)10-11-5-7-12(8-6-11)16(23)24/h5-8H,3-4,9-10,18H2,1-2H3,(H,23,24)(H,19,22,25). The van der Waals surface area contributed by atoms with E-state index in [4.69, 9.17) is 10.8 Å². The number of rotatable bonds is 7. The highest BCUT2D eigenvalue weighted by molar-refractivity contribution is 5.87. The molecule has 0 bridgehead atoms. The molecule has 0 aliphatic rings. The maximum absolute atomic E-state index is 12.2. The number of nitrogens with zero attached hydrogens (tertiary/aromatic N) is 2. The molecule has 0 aliphatic carbocycles. The molecule has 0 saturated heterocycles. The van der Waals surface area contributed by atoms with Crippen LogP contribution >= 0.6 is 0 Å². The van der Waals surface area contributed by atoms with Gasteiger partial charge in [-0.15, -0.1) is 0 Å². The molecule has 1 heterocycles. The van der Waals surface area contributed by atoms with Crippen molar-refractivity contribution < 1.29 is 9.90 Å². The molecule has 0 aliphatic heterocycles. The maximum atomic E-state index is 12.2. The van der Waals surface area contributed by atoms with Crippen molar-refractivity contribution in [2.24, 2.45) is 0 Å². The zero-order valence-corrected chi connectivity index (χ0v) is 14.3. The van der Waals surface area contributed by atoms with Gasteiger partial charge in [0.1, 0.15) is 11.5 Å². The van der Waals surface area contributed by atoms with Gasteiger partial charge in [0, 0.05) is 20.1 Å². The first-order valence-electron chi connectivity index (χ1n) is 8.01. The zero-order valence-electron chi connectivity index (χ0n) is 14.3. The normalized spacial score (nSPS) is 10.6. The number of unbranched alkanes of at least 4 members (excludes halogenated alkanes) is 1. The van der Waals surface area contributed by atoms with Crippen molar-refractivity contribution >= 4 is 17.5 Å². The summed E-state index contributed by atoms with van der Waals surface area (Å²) in [6.45, 7) is 2.78. The average Bonchev–Trinajstić information content (AvgIpc) is 2.54. The summed E-state index contributed by atoms with van der Waals surface area (Å²) in [5, 5.41) is 8.93.